The molecule has 3 nitrogen and oxygen atoms in total. The minimum Gasteiger partial charge on any atom is -0.355 e. The van der Waals surface area contributed by atoms with Crippen molar-refractivity contribution in [3.05, 3.63) is 35.9 Å². The second-order valence-electron chi connectivity index (χ2n) is 5.14. The Balaban J connectivity index is 2.18. The molecule has 0 heterocycles. The van der Waals surface area contributed by atoms with E-state index in [9.17, 15) is 4.79 Å². The quantitative estimate of drug-likeness (QED) is 0.756. The van der Waals surface area contributed by atoms with E-state index < -0.39 is 0 Å². The largest absolute Gasteiger partial charge is 0.355 e. The summed E-state index contributed by atoms with van der Waals surface area (Å²) in [5.74, 6) is 0.560. The molecule has 0 spiro atoms. The zero-order chi connectivity index (χ0) is 14.1. The van der Waals surface area contributed by atoms with Crippen LogP contribution in [0.1, 0.15) is 45.1 Å². The lowest BCUT2D eigenvalue weighted by molar-refractivity contribution is -0.120. The molecule has 0 aliphatic rings. The van der Waals surface area contributed by atoms with Crippen LogP contribution in [0, 0.1) is 0 Å². The van der Waals surface area contributed by atoms with E-state index in [2.05, 4.69) is 55.7 Å². The summed E-state index contributed by atoms with van der Waals surface area (Å²) in [6, 6.07) is 10.8. The highest BCUT2D eigenvalue weighted by atomic mass is 16.1. The summed E-state index contributed by atoms with van der Waals surface area (Å²) in [4.78, 5) is 11.6. The summed E-state index contributed by atoms with van der Waals surface area (Å²) in [6.07, 6.45) is 2.01. The molecule has 0 radical (unpaired) electrons. The molecular formula is C16H26N2O. The lowest BCUT2D eigenvalue weighted by Gasteiger charge is -2.14. The maximum Gasteiger partial charge on any atom is 0.233 e. The normalized spacial score (nSPS) is 13.8. The molecule has 0 aliphatic carbocycles. The Morgan fingerprint density at radius 3 is 2.53 bits per heavy atom. The van der Waals surface area contributed by atoms with E-state index in [4.69, 9.17) is 0 Å². The van der Waals surface area contributed by atoms with Crippen molar-refractivity contribution in [2.45, 2.75) is 45.6 Å². The Morgan fingerprint density at radius 1 is 1.21 bits per heavy atom. The first-order valence-corrected chi connectivity index (χ1v) is 7.18. The molecule has 106 valence electrons. The summed E-state index contributed by atoms with van der Waals surface area (Å²) in [5.41, 5.74) is 1.33. The minimum atomic E-state index is 0.0839. The maximum absolute atomic E-state index is 11.6. The molecule has 0 saturated heterocycles. The number of hydrogen-bond donors (Lipinski definition) is 2. The van der Waals surface area contributed by atoms with Crippen LogP contribution < -0.4 is 10.6 Å². The molecule has 2 N–H and O–H groups in total. The van der Waals surface area contributed by atoms with Gasteiger partial charge in [0.2, 0.25) is 5.91 Å². The molecular weight excluding hydrogens is 236 g/mol. The Hall–Kier alpha value is -1.35. The van der Waals surface area contributed by atoms with Gasteiger partial charge in [-0.15, -0.1) is 0 Å². The van der Waals surface area contributed by atoms with Gasteiger partial charge in [0.05, 0.1) is 6.54 Å². The van der Waals surface area contributed by atoms with E-state index in [1.165, 1.54) is 5.56 Å². The zero-order valence-corrected chi connectivity index (χ0v) is 12.3. The van der Waals surface area contributed by atoms with Crippen molar-refractivity contribution >= 4 is 5.91 Å². The summed E-state index contributed by atoms with van der Waals surface area (Å²) < 4.78 is 0. The van der Waals surface area contributed by atoms with Crippen molar-refractivity contribution in [3.63, 3.8) is 0 Å². The average Bonchev–Trinajstić information content (AvgIpc) is 2.45. The predicted molar refractivity (Wildman–Crippen MR) is 80.2 cm³/mol. The zero-order valence-electron chi connectivity index (χ0n) is 12.3. The van der Waals surface area contributed by atoms with Crippen LogP contribution in [0.3, 0.4) is 0 Å². The third kappa shape index (κ3) is 6.39. The molecule has 1 amide bonds. The number of nitrogens with one attached hydrogen (secondary N) is 2. The Morgan fingerprint density at radius 2 is 1.89 bits per heavy atom. The first kappa shape index (κ1) is 15.7. The van der Waals surface area contributed by atoms with Crippen LogP contribution in [0.2, 0.25) is 0 Å². The van der Waals surface area contributed by atoms with Gasteiger partial charge in [0.25, 0.3) is 0 Å². The van der Waals surface area contributed by atoms with Gasteiger partial charge in [-0.2, -0.15) is 0 Å². The second-order valence-corrected chi connectivity index (χ2v) is 5.14. The van der Waals surface area contributed by atoms with Crippen LogP contribution in [0.4, 0.5) is 0 Å². The van der Waals surface area contributed by atoms with E-state index in [0.29, 0.717) is 18.5 Å². The first-order chi connectivity index (χ1) is 9.13. The minimum absolute atomic E-state index is 0.0839. The summed E-state index contributed by atoms with van der Waals surface area (Å²) in [6.45, 7) is 7.53. The SMILES string of the molecule is CCC(C)NCC(=O)NCCC(C)c1ccccc1. The Kier molecular flexibility index (Phi) is 7.19. The van der Waals surface area contributed by atoms with Gasteiger partial charge in [0.1, 0.15) is 0 Å². The van der Waals surface area contributed by atoms with Gasteiger partial charge in [0.15, 0.2) is 0 Å². The van der Waals surface area contributed by atoms with Gasteiger partial charge < -0.3 is 10.6 Å². The lowest BCUT2D eigenvalue weighted by Crippen LogP contribution is -2.38. The molecule has 2 atom stereocenters. The van der Waals surface area contributed by atoms with Gasteiger partial charge in [-0.25, -0.2) is 0 Å². The van der Waals surface area contributed by atoms with Crippen molar-refractivity contribution in [1.29, 1.82) is 0 Å². The maximum atomic E-state index is 11.6. The third-order valence-corrected chi connectivity index (χ3v) is 3.49. The van der Waals surface area contributed by atoms with Crippen molar-refractivity contribution in [3.8, 4) is 0 Å². The Labute approximate surface area is 116 Å². The number of benzene rings is 1. The summed E-state index contributed by atoms with van der Waals surface area (Å²) >= 11 is 0. The molecule has 1 rings (SSSR count). The standard InChI is InChI=1S/C16H26N2O/c1-4-14(3)18-12-16(19)17-11-10-13(2)15-8-6-5-7-9-15/h5-9,13-14,18H,4,10-12H2,1-3H3,(H,17,19). The molecule has 3 heteroatoms. The average molecular weight is 262 g/mol. The van der Waals surface area contributed by atoms with Crippen LogP contribution in [-0.2, 0) is 4.79 Å². The molecule has 0 bridgehead atoms. The fraction of sp³-hybridized carbons (Fsp3) is 0.562. The molecule has 2 unspecified atom stereocenters. The third-order valence-electron chi connectivity index (χ3n) is 3.49. The number of carbonyl (C=O) groups excluding carboxylic acids is 1. The van der Waals surface area contributed by atoms with E-state index >= 15 is 0 Å². The van der Waals surface area contributed by atoms with Crippen LogP contribution in [0.15, 0.2) is 30.3 Å². The van der Waals surface area contributed by atoms with E-state index in [-0.39, 0.29) is 5.91 Å². The summed E-state index contributed by atoms with van der Waals surface area (Å²) in [5, 5.41) is 6.15. The van der Waals surface area contributed by atoms with Crippen molar-refractivity contribution in [1.82, 2.24) is 10.6 Å². The highest BCUT2D eigenvalue weighted by Gasteiger charge is 2.06. The smallest absolute Gasteiger partial charge is 0.233 e. The topological polar surface area (TPSA) is 41.1 Å². The van der Waals surface area contributed by atoms with Crippen LogP contribution in [0.5, 0.6) is 0 Å². The number of hydrogen-bond acceptors (Lipinski definition) is 2. The highest BCUT2D eigenvalue weighted by molar-refractivity contribution is 5.77. The molecule has 0 aromatic heterocycles. The highest BCUT2D eigenvalue weighted by Crippen LogP contribution is 2.17. The molecule has 19 heavy (non-hydrogen) atoms. The van der Waals surface area contributed by atoms with Crippen LogP contribution >= 0.6 is 0 Å². The predicted octanol–water partition coefficient (Wildman–Crippen LogP) is 2.68. The van der Waals surface area contributed by atoms with E-state index in [1.807, 2.05) is 6.07 Å². The first-order valence-electron chi connectivity index (χ1n) is 7.18. The van der Waals surface area contributed by atoms with Gasteiger partial charge >= 0.3 is 0 Å². The second kappa shape index (κ2) is 8.70. The summed E-state index contributed by atoms with van der Waals surface area (Å²) in [7, 11) is 0. The van der Waals surface area contributed by atoms with Crippen LogP contribution in [0.25, 0.3) is 0 Å². The van der Waals surface area contributed by atoms with E-state index in [1.54, 1.807) is 0 Å². The van der Waals surface area contributed by atoms with Crippen LogP contribution in [-0.4, -0.2) is 25.0 Å². The molecule has 1 aromatic carbocycles. The van der Waals surface area contributed by atoms with E-state index in [0.717, 1.165) is 19.4 Å². The van der Waals surface area contributed by atoms with Gasteiger partial charge in [-0.1, -0.05) is 44.2 Å². The molecule has 0 saturated carbocycles. The fourth-order valence-corrected chi connectivity index (χ4v) is 1.85. The fourth-order valence-electron chi connectivity index (χ4n) is 1.85. The molecule has 0 aliphatic heterocycles. The number of amides is 1. The number of carbonyl (C=O) groups is 1. The molecule has 1 aromatic rings. The monoisotopic (exact) mass is 262 g/mol. The lowest BCUT2D eigenvalue weighted by atomic mass is 9.98. The molecule has 0 fully saturated rings. The Bertz CT molecular complexity index is 364. The van der Waals surface area contributed by atoms with Crippen molar-refractivity contribution in [2.75, 3.05) is 13.1 Å². The van der Waals surface area contributed by atoms with Gasteiger partial charge in [-0.3, -0.25) is 4.79 Å². The van der Waals surface area contributed by atoms with Gasteiger partial charge in [0, 0.05) is 12.6 Å². The number of rotatable bonds is 8. The van der Waals surface area contributed by atoms with Crippen molar-refractivity contribution in [2.24, 2.45) is 0 Å². The van der Waals surface area contributed by atoms with Gasteiger partial charge in [-0.05, 0) is 31.2 Å². The van der Waals surface area contributed by atoms with Crippen molar-refractivity contribution < 1.29 is 4.79 Å².